The number of rotatable bonds is 10. The van der Waals surface area contributed by atoms with Gasteiger partial charge in [-0.15, -0.1) is 0 Å². The molecule has 0 bridgehead atoms. The Hall–Kier alpha value is -6.28. The minimum absolute atomic E-state index is 0. The van der Waals surface area contributed by atoms with Gasteiger partial charge in [0.05, 0.1) is 26.2 Å². The van der Waals surface area contributed by atoms with Crippen LogP contribution in [0.2, 0.25) is 0 Å². The summed E-state index contributed by atoms with van der Waals surface area (Å²) >= 11 is 0. The van der Waals surface area contributed by atoms with Gasteiger partial charge in [-0.25, -0.2) is 0 Å². The van der Waals surface area contributed by atoms with Crippen molar-refractivity contribution in [3.05, 3.63) is 168 Å². The van der Waals surface area contributed by atoms with E-state index in [0.717, 1.165) is 43.1 Å². The average molecular weight is 860 g/mol. The molecule has 0 N–H and O–H groups in total. The first kappa shape index (κ1) is 42.9. The van der Waals surface area contributed by atoms with Crippen LogP contribution in [-0.2, 0) is 34.1 Å². The Bertz CT molecular complexity index is 2400. The predicted octanol–water partition coefficient (Wildman–Crippen LogP) is 7.35. The molecule has 2 radical (unpaired) electrons. The van der Waals surface area contributed by atoms with Gasteiger partial charge < -0.3 is 20.4 Å². The van der Waals surface area contributed by atoms with E-state index in [0.29, 0.717) is 48.4 Å². The molecule has 0 amide bonds. The standard InChI is InChI=1S/2C24H20N2O2.2Cu/c2*27-23-11-9-17-5-1-3-7-19(17)21(23)15-25-13-14-26-16-22-20-8-4-2-6-18(20)10-12-24(22)28;;/h2*1-12,15-16,27-28H,13-14H2;;/q;;2*+2/p-4. The van der Waals surface area contributed by atoms with E-state index in [9.17, 15) is 20.4 Å². The fraction of sp³-hybridized carbons (Fsp3) is 0.0833. The van der Waals surface area contributed by atoms with Crippen LogP contribution in [0.1, 0.15) is 22.3 Å². The van der Waals surface area contributed by atoms with E-state index >= 15 is 0 Å². The Morgan fingerprint density at radius 2 is 0.500 bits per heavy atom. The molecule has 0 saturated carbocycles. The van der Waals surface area contributed by atoms with Crippen molar-refractivity contribution >= 4 is 67.9 Å². The molecule has 0 atom stereocenters. The number of hydrogen-bond acceptors (Lipinski definition) is 8. The maximum absolute atomic E-state index is 12.1. The molecular weight excluding hydrogens is 824 g/mol. The molecule has 10 heteroatoms. The number of aliphatic imine (C=N–C) groups is 4. The Balaban J connectivity index is 0.000000214. The maximum Gasteiger partial charge on any atom is 2.00 e. The zero-order chi connectivity index (χ0) is 38.7. The smallest absolute Gasteiger partial charge is 0.872 e. The van der Waals surface area contributed by atoms with Gasteiger partial charge in [-0.2, -0.15) is 0 Å². The van der Waals surface area contributed by atoms with Gasteiger partial charge in [0.15, 0.2) is 0 Å². The van der Waals surface area contributed by atoms with E-state index in [-0.39, 0.29) is 57.1 Å². The third kappa shape index (κ3) is 10.2. The molecule has 8 aromatic carbocycles. The summed E-state index contributed by atoms with van der Waals surface area (Å²) in [5.41, 5.74) is 2.38. The molecule has 294 valence electrons. The SMILES string of the molecule is [Cu+2].[Cu+2].[O-]c1ccc2ccccc2c1C=NCCN=Cc1c([O-])ccc2ccccc12.[O-]c1ccc2ccccc2c1C=NCCN=Cc1c([O-])ccc2ccccc12. The molecule has 0 saturated heterocycles. The van der Waals surface area contributed by atoms with Crippen molar-refractivity contribution in [2.75, 3.05) is 26.2 Å². The second kappa shape index (κ2) is 20.8. The summed E-state index contributed by atoms with van der Waals surface area (Å²) in [5.74, 6) is -0.175. The van der Waals surface area contributed by atoms with E-state index in [2.05, 4.69) is 20.0 Å². The van der Waals surface area contributed by atoms with Crippen molar-refractivity contribution in [3.63, 3.8) is 0 Å². The third-order valence-electron chi connectivity index (χ3n) is 9.32. The van der Waals surface area contributed by atoms with Gasteiger partial charge in [-0.1, -0.05) is 169 Å². The first-order valence-corrected chi connectivity index (χ1v) is 18.2. The topological polar surface area (TPSA) is 142 Å². The van der Waals surface area contributed by atoms with Crippen molar-refractivity contribution in [3.8, 4) is 23.0 Å². The van der Waals surface area contributed by atoms with Gasteiger partial charge in [-0.05, 0) is 65.3 Å². The summed E-state index contributed by atoms with van der Waals surface area (Å²) in [4.78, 5) is 17.4. The Morgan fingerprint density at radius 3 is 0.724 bits per heavy atom. The predicted molar refractivity (Wildman–Crippen MR) is 223 cm³/mol. The zero-order valence-electron chi connectivity index (χ0n) is 31.0. The molecule has 8 nitrogen and oxygen atoms in total. The summed E-state index contributed by atoms with van der Waals surface area (Å²) < 4.78 is 0. The molecule has 8 aromatic rings. The van der Waals surface area contributed by atoms with Crippen molar-refractivity contribution in [1.29, 1.82) is 0 Å². The van der Waals surface area contributed by atoms with E-state index < -0.39 is 0 Å². The van der Waals surface area contributed by atoms with Crippen LogP contribution in [0.4, 0.5) is 0 Å². The fourth-order valence-electron chi connectivity index (χ4n) is 6.49. The molecule has 0 aliphatic carbocycles. The average Bonchev–Trinajstić information content (AvgIpc) is 3.23. The van der Waals surface area contributed by atoms with E-state index in [1.54, 1.807) is 49.1 Å². The molecule has 0 heterocycles. The molecule has 8 rings (SSSR count). The van der Waals surface area contributed by atoms with Crippen molar-refractivity contribution in [1.82, 2.24) is 0 Å². The molecule has 0 fully saturated rings. The zero-order valence-corrected chi connectivity index (χ0v) is 32.9. The molecule has 0 unspecified atom stereocenters. The van der Waals surface area contributed by atoms with Crippen LogP contribution in [0.25, 0.3) is 43.1 Å². The largest absolute Gasteiger partial charge is 2.00 e. The Kier molecular flexibility index (Phi) is 15.3. The second-order valence-electron chi connectivity index (χ2n) is 12.9. The summed E-state index contributed by atoms with van der Waals surface area (Å²) in [6.07, 6.45) is 6.49. The number of hydrogen-bond donors (Lipinski definition) is 0. The minimum atomic E-state index is -0.0438. The van der Waals surface area contributed by atoms with Crippen LogP contribution in [0.5, 0.6) is 23.0 Å². The van der Waals surface area contributed by atoms with Gasteiger partial charge in [0.25, 0.3) is 0 Å². The van der Waals surface area contributed by atoms with Crippen LogP contribution in [0, 0.1) is 0 Å². The number of benzene rings is 8. The van der Waals surface area contributed by atoms with Gasteiger partial charge >= 0.3 is 34.1 Å². The summed E-state index contributed by atoms with van der Waals surface area (Å²) in [7, 11) is 0. The van der Waals surface area contributed by atoms with Gasteiger partial charge in [0, 0.05) is 24.9 Å². The fourth-order valence-corrected chi connectivity index (χ4v) is 6.49. The van der Waals surface area contributed by atoms with Crippen LogP contribution in [0.15, 0.2) is 166 Å². The van der Waals surface area contributed by atoms with E-state index in [4.69, 9.17) is 0 Å². The van der Waals surface area contributed by atoms with Crippen molar-refractivity contribution < 1.29 is 54.6 Å². The van der Waals surface area contributed by atoms with Gasteiger partial charge in [-0.3, -0.25) is 20.0 Å². The third-order valence-corrected chi connectivity index (χ3v) is 9.32. The molecule has 0 aliphatic rings. The van der Waals surface area contributed by atoms with E-state index in [1.807, 2.05) is 121 Å². The molecule has 0 aromatic heterocycles. The van der Waals surface area contributed by atoms with E-state index in [1.165, 1.54) is 0 Å². The summed E-state index contributed by atoms with van der Waals surface area (Å²) in [6.45, 7) is 1.77. The Morgan fingerprint density at radius 1 is 0.293 bits per heavy atom. The normalized spacial score (nSPS) is 11.4. The molecule has 58 heavy (non-hydrogen) atoms. The molecule has 0 aliphatic heterocycles. The quantitative estimate of drug-likeness (QED) is 0.0806. The maximum atomic E-state index is 12.1. The van der Waals surface area contributed by atoms with Gasteiger partial charge in [0.2, 0.25) is 0 Å². The van der Waals surface area contributed by atoms with Crippen molar-refractivity contribution in [2.24, 2.45) is 20.0 Å². The van der Waals surface area contributed by atoms with Crippen LogP contribution < -0.4 is 20.4 Å². The van der Waals surface area contributed by atoms with Crippen LogP contribution >= 0.6 is 0 Å². The van der Waals surface area contributed by atoms with Crippen LogP contribution in [-0.4, -0.2) is 51.0 Å². The van der Waals surface area contributed by atoms with Crippen LogP contribution in [0.3, 0.4) is 0 Å². The second-order valence-corrected chi connectivity index (χ2v) is 12.9. The Labute approximate surface area is 357 Å². The minimum Gasteiger partial charge on any atom is -0.872 e. The molecular formula is C48H36Cu2N4O4. The monoisotopic (exact) mass is 858 g/mol. The number of fused-ring (bicyclic) bond motifs is 4. The molecule has 0 spiro atoms. The number of nitrogens with zero attached hydrogens (tertiary/aromatic N) is 4. The first-order valence-electron chi connectivity index (χ1n) is 18.2. The van der Waals surface area contributed by atoms with Crippen molar-refractivity contribution in [2.45, 2.75) is 0 Å². The summed E-state index contributed by atoms with van der Waals surface area (Å²) in [6, 6.07) is 44.6. The first-order chi connectivity index (χ1) is 27.5. The van der Waals surface area contributed by atoms with Gasteiger partial charge in [0.1, 0.15) is 0 Å². The summed E-state index contributed by atoms with van der Waals surface area (Å²) in [5, 5.41) is 56.2.